The van der Waals surface area contributed by atoms with E-state index in [0.717, 1.165) is 17.5 Å². The number of esters is 1. The van der Waals surface area contributed by atoms with Gasteiger partial charge < -0.3 is 9.47 Å². The Hall–Kier alpha value is -1.55. The number of carbonyl (C=O) groups is 1. The van der Waals surface area contributed by atoms with Crippen LogP contribution in [0.3, 0.4) is 0 Å². The van der Waals surface area contributed by atoms with E-state index in [1.165, 1.54) is 0 Å². The molecule has 0 atom stereocenters. The number of allylic oxidation sites excluding steroid dienone is 1. The summed E-state index contributed by atoms with van der Waals surface area (Å²) in [7, 11) is 0.348. The molecule has 21 heavy (non-hydrogen) atoms. The van der Waals surface area contributed by atoms with E-state index in [0.29, 0.717) is 17.9 Å². The van der Waals surface area contributed by atoms with Crippen molar-refractivity contribution in [3.8, 4) is 5.75 Å². The molecule has 1 rings (SSSR count). The van der Waals surface area contributed by atoms with E-state index in [-0.39, 0.29) is 5.97 Å². The summed E-state index contributed by atoms with van der Waals surface area (Å²) in [6.07, 6.45) is 2.87. The number of rotatable bonds is 6. The molecule has 116 valence electrons. The highest BCUT2D eigenvalue weighted by molar-refractivity contribution is 6.80. The normalized spacial score (nSPS) is 11.7. The Morgan fingerprint density at radius 1 is 1.29 bits per heavy atom. The number of methoxy groups -OCH3 is 1. The minimum absolute atomic E-state index is 0.314. The second-order valence-corrected chi connectivity index (χ2v) is 11.3. The van der Waals surface area contributed by atoms with Crippen LogP contribution in [0.5, 0.6) is 5.75 Å². The number of benzene rings is 1. The molecule has 0 aliphatic heterocycles. The van der Waals surface area contributed by atoms with E-state index in [1.807, 2.05) is 26.0 Å². The molecule has 0 heterocycles. The van der Waals surface area contributed by atoms with Gasteiger partial charge in [-0.3, -0.25) is 0 Å². The third-order valence-corrected chi connectivity index (χ3v) is 4.22. The van der Waals surface area contributed by atoms with Crippen molar-refractivity contribution in [3.63, 3.8) is 0 Å². The Morgan fingerprint density at radius 2 is 1.95 bits per heavy atom. The molecule has 1 aromatic rings. The van der Waals surface area contributed by atoms with E-state index >= 15 is 0 Å². The maximum absolute atomic E-state index is 12.2. The molecule has 4 heteroatoms. The van der Waals surface area contributed by atoms with Crippen LogP contribution in [0, 0.1) is 6.92 Å². The summed E-state index contributed by atoms with van der Waals surface area (Å²) in [6.45, 7) is 11.0. The molecular formula is C17H26O3Si. The highest BCUT2D eigenvalue weighted by atomic mass is 28.3. The Labute approximate surface area is 129 Å². The quantitative estimate of drug-likeness (QED) is 0.585. The highest BCUT2D eigenvalue weighted by Crippen LogP contribution is 2.26. The maximum Gasteiger partial charge on any atom is 0.342 e. The van der Waals surface area contributed by atoms with Gasteiger partial charge in [0.25, 0.3) is 0 Å². The SMILES string of the molecule is CCOC(=O)c1c(C/C=C/[Si](C)(C)C)cc(C)cc1OC. The lowest BCUT2D eigenvalue weighted by molar-refractivity contribution is 0.0521. The molecule has 1 aromatic carbocycles. The zero-order chi connectivity index (χ0) is 16.0. The van der Waals surface area contributed by atoms with Gasteiger partial charge in [0.15, 0.2) is 0 Å². The van der Waals surface area contributed by atoms with Crippen LogP contribution in [-0.4, -0.2) is 27.8 Å². The predicted octanol–water partition coefficient (Wildman–Crippen LogP) is 4.16. The van der Waals surface area contributed by atoms with Crippen LogP contribution in [0.15, 0.2) is 23.9 Å². The Bertz CT molecular complexity index is 528. The van der Waals surface area contributed by atoms with Gasteiger partial charge in [0.2, 0.25) is 0 Å². The first-order valence-electron chi connectivity index (χ1n) is 7.30. The molecule has 0 fully saturated rings. The number of ether oxygens (including phenoxy) is 2. The van der Waals surface area contributed by atoms with Crippen molar-refractivity contribution in [2.24, 2.45) is 0 Å². The fourth-order valence-electron chi connectivity index (χ4n) is 2.12. The van der Waals surface area contributed by atoms with Crippen LogP contribution in [0.2, 0.25) is 19.6 Å². The van der Waals surface area contributed by atoms with Crippen LogP contribution >= 0.6 is 0 Å². The zero-order valence-electron chi connectivity index (χ0n) is 13.9. The summed E-state index contributed by atoms with van der Waals surface area (Å²) in [5.74, 6) is 0.274. The molecule has 0 N–H and O–H groups in total. The van der Waals surface area contributed by atoms with Crippen molar-refractivity contribution >= 4 is 14.0 Å². The van der Waals surface area contributed by atoms with Crippen molar-refractivity contribution in [2.75, 3.05) is 13.7 Å². The summed E-state index contributed by atoms with van der Waals surface area (Å²) in [5, 5.41) is 0. The number of aryl methyl sites for hydroxylation is 1. The molecule has 3 nitrogen and oxygen atoms in total. The Balaban J connectivity index is 3.19. The van der Waals surface area contributed by atoms with Gasteiger partial charge in [0.1, 0.15) is 11.3 Å². The van der Waals surface area contributed by atoms with Crippen LogP contribution in [0.1, 0.15) is 28.4 Å². The lowest BCUT2D eigenvalue weighted by Crippen LogP contribution is -2.15. The minimum Gasteiger partial charge on any atom is -0.496 e. The van der Waals surface area contributed by atoms with E-state index in [9.17, 15) is 4.79 Å². The molecule has 0 radical (unpaired) electrons. The Morgan fingerprint density at radius 3 is 2.48 bits per heavy atom. The topological polar surface area (TPSA) is 35.5 Å². The van der Waals surface area contributed by atoms with Gasteiger partial charge in [-0.2, -0.15) is 0 Å². The smallest absolute Gasteiger partial charge is 0.342 e. The summed E-state index contributed by atoms with van der Waals surface area (Å²) < 4.78 is 10.5. The average molecular weight is 306 g/mol. The second kappa shape index (κ2) is 7.45. The van der Waals surface area contributed by atoms with Gasteiger partial charge in [-0.1, -0.05) is 37.5 Å². The van der Waals surface area contributed by atoms with Crippen molar-refractivity contribution < 1.29 is 14.3 Å². The van der Waals surface area contributed by atoms with E-state index in [1.54, 1.807) is 7.11 Å². The molecule has 0 unspecified atom stereocenters. The third-order valence-electron chi connectivity index (χ3n) is 2.98. The van der Waals surface area contributed by atoms with E-state index in [4.69, 9.17) is 9.47 Å². The number of hydrogen-bond donors (Lipinski definition) is 0. The first kappa shape index (κ1) is 17.5. The molecule has 0 saturated carbocycles. The predicted molar refractivity (Wildman–Crippen MR) is 89.9 cm³/mol. The van der Waals surface area contributed by atoms with E-state index < -0.39 is 8.07 Å². The largest absolute Gasteiger partial charge is 0.496 e. The van der Waals surface area contributed by atoms with Gasteiger partial charge in [-0.15, -0.1) is 0 Å². The monoisotopic (exact) mass is 306 g/mol. The standard InChI is InChI=1S/C17H26O3Si/c1-7-20-17(18)16-14(9-8-10-21(4,5)6)11-13(2)12-15(16)19-3/h8,10-12H,7,9H2,1-6H3/b10-8+. The van der Waals surface area contributed by atoms with Crippen LogP contribution in [0.25, 0.3) is 0 Å². The number of carbonyl (C=O) groups excluding carboxylic acids is 1. The van der Waals surface area contributed by atoms with Gasteiger partial charge in [0.05, 0.1) is 21.8 Å². The van der Waals surface area contributed by atoms with Gasteiger partial charge in [0, 0.05) is 0 Å². The van der Waals surface area contributed by atoms with Crippen LogP contribution in [-0.2, 0) is 11.2 Å². The number of hydrogen-bond acceptors (Lipinski definition) is 3. The van der Waals surface area contributed by atoms with Gasteiger partial charge >= 0.3 is 5.97 Å². The molecule has 0 aliphatic rings. The summed E-state index contributed by atoms with van der Waals surface area (Å²) in [6, 6.07) is 3.90. The van der Waals surface area contributed by atoms with Crippen molar-refractivity contribution in [3.05, 3.63) is 40.6 Å². The molecule has 0 aliphatic carbocycles. The average Bonchev–Trinajstić information content (AvgIpc) is 2.36. The molecule has 0 bridgehead atoms. The fourth-order valence-corrected chi connectivity index (χ4v) is 2.95. The van der Waals surface area contributed by atoms with Crippen molar-refractivity contribution in [1.29, 1.82) is 0 Å². The molecule has 0 saturated heterocycles. The second-order valence-electron chi connectivity index (χ2n) is 6.19. The summed E-state index contributed by atoms with van der Waals surface area (Å²) in [4.78, 5) is 12.2. The Kier molecular flexibility index (Phi) is 6.21. The van der Waals surface area contributed by atoms with Crippen LogP contribution in [0.4, 0.5) is 0 Å². The summed E-state index contributed by atoms with van der Waals surface area (Å²) >= 11 is 0. The molecule has 0 spiro atoms. The minimum atomic E-state index is -1.23. The maximum atomic E-state index is 12.2. The molecule has 0 aromatic heterocycles. The summed E-state index contributed by atoms with van der Waals surface area (Å²) in [5.41, 5.74) is 4.87. The fraction of sp³-hybridized carbons (Fsp3) is 0.471. The van der Waals surface area contributed by atoms with E-state index in [2.05, 4.69) is 31.4 Å². The highest BCUT2D eigenvalue weighted by Gasteiger charge is 2.19. The molecular weight excluding hydrogens is 280 g/mol. The van der Waals surface area contributed by atoms with Crippen LogP contribution < -0.4 is 4.74 Å². The first-order valence-corrected chi connectivity index (χ1v) is 10.9. The molecule has 0 amide bonds. The van der Waals surface area contributed by atoms with Gasteiger partial charge in [-0.05, 0) is 37.5 Å². The van der Waals surface area contributed by atoms with Crippen molar-refractivity contribution in [2.45, 2.75) is 39.9 Å². The van der Waals surface area contributed by atoms with Crippen molar-refractivity contribution in [1.82, 2.24) is 0 Å². The lowest BCUT2D eigenvalue weighted by atomic mass is 10.0. The third kappa shape index (κ3) is 5.38. The van der Waals surface area contributed by atoms with Gasteiger partial charge in [-0.25, -0.2) is 4.79 Å². The zero-order valence-corrected chi connectivity index (χ0v) is 14.9. The first-order chi connectivity index (χ1) is 9.78. The lowest BCUT2D eigenvalue weighted by Gasteiger charge is -2.14.